The van der Waals surface area contributed by atoms with E-state index in [4.69, 9.17) is 0 Å². The van der Waals surface area contributed by atoms with E-state index in [1.807, 2.05) is 0 Å². The minimum absolute atomic E-state index is 0.0776. The van der Waals surface area contributed by atoms with Crippen molar-refractivity contribution in [3.63, 3.8) is 0 Å². The molecule has 0 atom stereocenters. The number of hydrogen-bond acceptors (Lipinski definition) is 4. The van der Waals surface area contributed by atoms with Crippen LogP contribution < -0.4 is 21.3 Å². The van der Waals surface area contributed by atoms with E-state index >= 15 is 0 Å². The molecule has 0 radical (unpaired) electrons. The van der Waals surface area contributed by atoms with Crippen molar-refractivity contribution in [2.45, 2.75) is 50.6 Å². The molecule has 7 heteroatoms. The second-order valence-corrected chi connectivity index (χ2v) is 6.65. The smallest absolute Gasteiger partial charge is 0.321 e. The molecule has 25 heavy (non-hydrogen) atoms. The summed E-state index contributed by atoms with van der Waals surface area (Å²) >= 11 is 0. The minimum atomic E-state index is -0.460. The average molecular weight is 344 g/mol. The fourth-order valence-corrected chi connectivity index (χ4v) is 2.96. The van der Waals surface area contributed by atoms with Crippen LogP contribution in [0.3, 0.4) is 0 Å². The van der Waals surface area contributed by atoms with Gasteiger partial charge in [0, 0.05) is 17.8 Å². The Balaban J connectivity index is 1.48. The largest absolute Gasteiger partial charge is 0.375 e. The van der Waals surface area contributed by atoms with Gasteiger partial charge in [-0.05, 0) is 37.8 Å². The van der Waals surface area contributed by atoms with Crippen molar-refractivity contribution in [3.8, 4) is 0 Å². The molecular weight excluding hydrogens is 320 g/mol. The summed E-state index contributed by atoms with van der Waals surface area (Å²) in [6.07, 6.45) is 6.17. The standard InChI is InChI=1S/C18H24N4O3/c23-16(22-18(25)21-12-5-1-2-6-12)11-19-15-8-4-3-7-14(15)17(24)20-13-9-10-13/h3-4,7-8,12-13,19H,1-2,5-6,9-11H2,(H,20,24)(H2,21,22,23,25). The van der Waals surface area contributed by atoms with Crippen LogP contribution in [0.5, 0.6) is 0 Å². The number of hydrogen-bond donors (Lipinski definition) is 4. The van der Waals surface area contributed by atoms with Gasteiger partial charge in [-0.15, -0.1) is 0 Å². The van der Waals surface area contributed by atoms with Crippen molar-refractivity contribution in [2.24, 2.45) is 0 Å². The van der Waals surface area contributed by atoms with Gasteiger partial charge in [0.05, 0.1) is 12.1 Å². The van der Waals surface area contributed by atoms with E-state index < -0.39 is 11.9 Å². The molecule has 0 aliphatic heterocycles. The molecule has 3 rings (SSSR count). The fraction of sp³-hybridized carbons (Fsp3) is 0.500. The first-order valence-electron chi connectivity index (χ1n) is 8.86. The number of anilines is 1. The van der Waals surface area contributed by atoms with Crippen LogP contribution in [0.1, 0.15) is 48.9 Å². The number of benzene rings is 1. The first-order valence-corrected chi connectivity index (χ1v) is 8.86. The molecule has 2 saturated carbocycles. The minimum Gasteiger partial charge on any atom is -0.375 e. The van der Waals surface area contributed by atoms with Gasteiger partial charge in [0.25, 0.3) is 5.91 Å². The second kappa shape index (κ2) is 8.00. The van der Waals surface area contributed by atoms with Crippen LogP contribution in [-0.4, -0.2) is 36.5 Å². The van der Waals surface area contributed by atoms with E-state index in [9.17, 15) is 14.4 Å². The van der Waals surface area contributed by atoms with Crippen molar-refractivity contribution in [2.75, 3.05) is 11.9 Å². The molecular formula is C18H24N4O3. The first kappa shape index (κ1) is 17.3. The summed E-state index contributed by atoms with van der Waals surface area (Å²) in [6.45, 7) is -0.0776. The average Bonchev–Trinajstić information content (AvgIpc) is 3.26. The first-order chi connectivity index (χ1) is 12.1. The Bertz CT molecular complexity index is 651. The normalized spacial score (nSPS) is 17.0. The number of imide groups is 1. The van der Waals surface area contributed by atoms with Crippen LogP contribution in [0.4, 0.5) is 10.5 Å². The maximum atomic E-state index is 12.2. The molecule has 0 heterocycles. The molecule has 4 N–H and O–H groups in total. The lowest BCUT2D eigenvalue weighted by Crippen LogP contribution is -2.45. The number of amides is 4. The van der Waals surface area contributed by atoms with Crippen LogP contribution >= 0.6 is 0 Å². The number of carbonyl (C=O) groups excluding carboxylic acids is 3. The summed E-state index contributed by atoms with van der Waals surface area (Å²) in [5, 5.41) is 11.0. The van der Waals surface area contributed by atoms with Gasteiger partial charge in [0.15, 0.2) is 0 Å². The summed E-state index contributed by atoms with van der Waals surface area (Å²) in [5.74, 6) is -0.585. The zero-order chi connectivity index (χ0) is 17.6. The quantitative estimate of drug-likeness (QED) is 0.632. The molecule has 2 fully saturated rings. The van der Waals surface area contributed by atoms with E-state index in [0.717, 1.165) is 38.5 Å². The monoisotopic (exact) mass is 344 g/mol. The molecule has 7 nitrogen and oxygen atoms in total. The Labute approximate surface area is 146 Å². The van der Waals surface area contributed by atoms with Crippen LogP contribution in [0, 0.1) is 0 Å². The number of nitrogens with one attached hydrogen (secondary N) is 4. The van der Waals surface area contributed by atoms with E-state index in [1.165, 1.54) is 0 Å². The van der Waals surface area contributed by atoms with E-state index in [1.54, 1.807) is 24.3 Å². The SMILES string of the molecule is O=C(CNc1ccccc1C(=O)NC1CC1)NC(=O)NC1CCCC1. The molecule has 2 aliphatic carbocycles. The lowest BCUT2D eigenvalue weighted by atomic mass is 10.1. The van der Waals surface area contributed by atoms with Crippen molar-refractivity contribution >= 4 is 23.5 Å². The zero-order valence-corrected chi connectivity index (χ0v) is 14.1. The van der Waals surface area contributed by atoms with Crippen molar-refractivity contribution < 1.29 is 14.4 Å². The Morgan fingerprint density at radius 2 is 1.60 bits per heavy atom. The highest BCUT2D eigenvalue weighted by molar-refractivity contribution is 6.01. The van der Waals surface area contributed by atoms with Gasteiger partial charge >= 0.3 is 6.03 Å². The molecule has 1 aromatic rings. The van der Waals surface area contributed by atoms with Gasteiger partial charge in [-0.25, -0.2) is 4.79 Å². The number of rotatable bonds is 6. The maximum absolute atomic E-state index is 12.2. The van der Waals surface area contributed by atoms with E-state index in [0.29, 0.717) is 11.3 Å². The van der Waals surface area contributed by atoms with E-state index in [2.05, 4.69) is 21.3 Å². The molecule has 4 amide bonds. The Kier molecular flexibility index (Phi) is 5.53. The van der Waals surface area contributed by atoms with Gasteiger partial charge in [-0.2, -0.15) is 0 Å². The highest BCUT2D eigenvalue weighted by atomic mass is 16.2. The summed E-state index contributed by atoms with van der Waals surface area (Å²) in [7, 11) is 0. The molecule has 134 valence electrons. The molecule has 0 bridgehead atoms. The predicted molar refractivity (Wildman–Crippen MR) is 94.4 cm³/mol. The van der Waals surface area contributed by atoms with Crippen molar-refractivity contribution in [3.05, 3.63) is 29.8 Å². The van der Waals surface area contributed by atoms with Gasteiger partial charge in [0.1, 0.15) is 0 Å². The topological polar surface area (TPSA) is 99.3 Å². The molecule has 0 spiro atoms. The summed E-state index contributed by atoms with van der Waals surface area (Å²) in [4.78, 5) is 35.9. The maximum Gasteiger partial charge on any atom is 0.321 e. The van der Waals surface area contributed by atoms with Gasteiger partial charge in [-0.3, -0.25) is 14.9 Å². The molecule has 0 aromatic heterocycles. The lowest BCUT2D eigenvalue weighted by molar-refractivity contribution is -0.118. The Morgan fingerprint density at radius 1 is 0.920 bits per heavy atom. The number of carbonyl (C=O) groups is 3. The predicted octanol–water partition coefficient (Wildman–Crippen LogP) is 1.76. The third-order valence-corrected chi connectivity index (χ3v) is 4.47. The summed E-state index contributed by atoms with van der Waals surface area (Å²) in [5.41, 5.74) is 1.07. The van der Waals surface area contributed by atoms with Gasteiger partial charge in [-0.1, -0.05) is 25.0 Å². The van der Waals surface area contributed by atoms with Crippen LogP contribution in [-0.2, 0) is 4.79 Å². The van der Waals surface area contributed by atoms with Gasteiger partial charge in [0.2, 0.25) is 5.91 Å². The van der Waals surface area contributed by atoms with Crippen molar-refractivity contribution in [1.82, 2.24) is 16.0 Å². The number of para-hydroxylation sites is 1. The Morgan fingerprint density at radius 3 is 2.32 bits per heavy atom. The van der Waals surface area contributed by atoms with Crippen LogP contribution in [0.15, 0.2) is 24.3 Å². The highest BCUT2D eigenvalue weighted by Crippen LogP contribution is 2.21. The molecule has 1 aromatic carbocycles. The molecule has 2 aliphatic rings. The van der Waals surface area contributed by atoms with Crippen LogP contribution in [0.2, 0.25) is 0 Å². The Hall–Kier alpha value is -2.57. The third kappa shape index (κ3) is 5.20. The number of urea groups is 1. The van der Waals surface area contributed by atoms with Crippen LogP contribution in [0.25, 0.3) is 0 Å². The summed E-state index contributed by atoms with van der Waals surface area (Å²) < 4.78 is 0. The van der Waals surface area contributed by atoms with Gasteiger partial charge < -0.3 is 16.0 Å². The zero-order valence-electron chi connectivity index (χ0n) is 14.1. The van der Waals surface area contributed by atoms with E-state index in [-0.39, 0.29) is 24.5 Å². The highest BCUT2D eigenvalue weighted by Gasteiger charge is 2.25. The lowest BCUT2D eigenvalue weighted by Gasteiger charge is -2.14. The second-order valence-electron chi connectivity index (χ2n) is 6.65. The molecule has 0 unspecified atom stereocenters. The van der Waals surface area contributed by atoms with Crippen molar-refractivity contribution in [1.29, 1.82) is 0 Å². The third-order valence-electron chi connectivity index (χ3n) is 4.47. The molecule has 0 saturated heterocycles. The summed E-state index contributed by atoms with van der Waals surface area (Å²) in [6, 6.07) is 7.00. The fourth-order valence-electron chi connectivity index (χ4n) is 2.96.